The monoisotopic (exact) mass is 318 g/mol. The second-order valence-electron chi connectivity index (χ2n) is 7.69. The molecule has 0 spiro atoms. The number of hydrogen-bond donors (Lipinski definition) is 0. The quantitative estimate of drug-likeness (QED) is 0.578. The normalized spacial score (nSPS) is 18.9. The SMILES string of the molecule is CCC(C)(CN(C)C)O[Si](C)(C)OC(C)(CC)CN(C)C. The van der Waals surface area contributed by atoms with Gasteiger partial charge in [0.05, 0.1) is 11.2 Å². The van der Waals surface area contributed by atoms with E-state index in [-0.39, 0.29) is 11.2 Å². The van der Waals surface area contributed by atoms with E-state index < -0.39 is 8.56 Å². The third-order valence-electron chi connectivity index (χ3n) is 3.78. The molecular weight excluding hydrogens is 280 g/mol. The molecule has 2 unspecified atom stereocenters. The van der Waals surface area contributed by atoms with Crippen LogP contribution in [0.2, 0.25) is 13.1 Å². The van der Waals surface area contributed by atoms with Crippen molar-refractivity contribution in [3.63, 3.8) is 0 Å². The van der Waals surface area contributed by atoms with Crippen molar-refractivity contribution in [1.82, 2.24) is 9.80 Å². The number of rotatable bonds is 10. The molecule has 0 N–H and O–H groups in total. The summed E-state index contributed by atoms with van der Waals surface area (Å²) in [6.45, 7) is 14.9. The molecule has 0 aromatic carbocycles. The van der Waals surface area contributed by atoms with Gasteiger partial charge in [0, 0.05) is 13.1 Å². The summed E-state index contributed by atoms with van der Waals surface area (Å²) in [5, 5.41) is 0. The third kappa shape index (κ3) is 8.31. The molecule has 128 valence electrons. The minimum atomic E-state index is -2.20. The van der Waals surface area contributed by atoms with E-state index in [0.29, 0.717) is 0 Å². The van der Waals surface area contributed by atoms with E-state index in [4.69, 9.17) is 8.85 Å². The van der Waals surface area contributed by atoms with Crippen LogP contribution in [0.1, 0.15) is 40.5 Å². The van der Waals surface area contributed by atoms with Crippen molar-refractivity contribution in [1.29, 1.82) is 0 Å². The zero-order chi connectivity index (χ0) is 16.9. The molecular formula is C16H38N2O2Si. The fourth-order valence-electron chi connectivity index (χ4n) is 2.98. The lowest BCUT2D eigenvalue weighted by molar-refractivity contribution is -0.0317. The average Bonchev–Trinajstić information content (AvgIpc) is 2.24. The topological polar surface area (TPSA) is 24.9 Å². The molecule has 0 fully saturated rings. The van der Waals surface area contributed by atoms with Crippen molar-refractivity contribution in [2.45, 2.75) is 64.8 Å². The molecule has 0 aliphatic carbocycles. The van der Waals surface area contributed by atoms with Crippen LogP contribution in [0.3, 0.4) is 0 Å². The Kier molecular flexibility index (Phi) is 8.08. The smallest absolute Gasteiger partial charge is 0.332 e. The van der Waals surface area contributed by atoms with Crippen LogP contribution in [0.4, 0.5) is 0 Å². The van der Waals surface area contributed by atoms with Crippen molar-refractivity contribution in [2.75, 3.05) is 41.3 Å². The second kappa shape index (κ2) is 8.06. The van der Waals surface area contributed by atoms with Gasteiger partial charge < -0.3 is 18.7 Å². The molecule has 0 aliphatic heterocycles. The first-order valence-corrected chi connectivity index (χ1v) is 10.9. The number of likely N-dealkylation sites (N-methyl/N-ethyl adjacent to an activating group) is 2. The predicted molar refractivity (Wildman–Crippen MR) is 94.2 cm³/mol. The van der Waals surface area contributed by atoms with Crippen LogP contribution in [-0.4, -0.2) is 70.8 Å². The van der Waals surface area contributed by atoms with E-state index in [9.17, 15) is 0 Å². The van der Waals surface area contributed by atoms with Gasteiger partial charge in [-0.05, 0) is 68.0 Å². The van der Waals surface area contributed by atoms with Gasteiger partial charge >= 0.3 is 8.56 Å². The molecule has 0 saturated carbocycles. The Morgan fingerprint density at radius 3 is 1.24 bits per heavy atom. The van der Waals surface area contributed by atoms with Crippen LogP contribution in [0, 0.1) is 0 Å². The van der Waals surface area contributed by atoms with E-state index in [1.54, 1.807) is 0 Å². The summed E-state index contributed by atoms with van der Waals surface area (Å²) in [7, 11) is 6.17. The lowest BCUT2D eigenvalue weighted by atomic mass is 10.0. The fraction of sp³-hybridized carbons (Fsp3) is 1.00. The molecule has 0 amide bonds. The van der Waals surface area contributed by atoms with Crippen molar-refractivity contribution < 1.29 is 8.85 Å². The number of hydrogen-bond acceptors (Lipinski definition) is 4. The largest absolute Gasteiger partial charge is 0.388 e. The van der Waals surface area contributed by atoms with Crippen LogP contribution >= 0.6 is 0 Å². The van der Waals surface area contributed by atoms with Gasteiger partial charge in [-0.3, -0.25) is 0 Å². The maximum Gasteiger partial charge on any atom is 0.332 e. The van der Waals surface area contributed by atoms with Crippen molar-refractivity contribution >= 4 is 8.56 Å². The van der Waals surface area contributed by atoms with Gasteiger partial charge in [-0.2, -0.15) is 0 Å². The highest BCUT2D eigenvalue weighted by molar-refractivity contribution is 6.64. The van der Waals surface area contributed by atoms with Crippen molar-refractivity contribution in [2.24, 2.45) is 0 Å². The zero-order valence-corrected chi connectivity index (χ0v) is 17.0. The van der Waals surface area contributed by atoms with Crippen LogP contribution in [0.5, 0.6) is 0 Å². The first kappa shape index (κ1) is 21.1. The zero-order valence-electron chi connectivity index (χ0n) is 16.0. The minimum absolute atomic E-state index is 0.147. The Hall–Kier alpha value is 0.0569. The maximum absolute atomic E-state index is 6.52. The molecule has 2 atom stereocenters. The van der Waals surface area contributed by atoms with E-state index in [1.165, 1.54) is 0 Å². The molecule has 0 heterocycles. The Morgan fingerprint density at radius 2 is 1.05 bits per heavy atom. The maximum atomic E-state index is 6.52. The van der Waals surface area contributed by atoms with Crippen molar-refractivity contribution in [3.05, 3.63) is 0 Å². The Bertz CT molecular complexity index is 283. The third-order valence-corrected chi connectivity index (χ3v) is 5.75. The first-order valence-electron chi connectivity index (χ1n) is 8.07. The molecule has 0 aromatic rings. The van der Waals surface area contributed by atoms with Gasteiger partial charge in [0.25, 0.3) is 0 Å². The average molecular weight is 319 g/mol. The Labute approximate surface area is 134 Å². The molecule has 0 saturated heterocycles. The molecule has 4 nitrogen and oxygen atoms in total. The first-order chi connectivity index (χ1) is 9.37. The standard InChI is InChI=1S/C16H38N2O2Si/c1-11-15(3,13-17(5)6)19-21(9,10)20-16(4,12-2)14-18(7)8/h11-14H2,1-10H3. The van der Waals surface area contributed by atoms with Crippen LogP contribution in [0.15, 0.2) is 0 Å². The predicted octanol–water partition coefficient (Wildman–Crippen LogP) is 3.18. The fourth-order valence-corrected chi connectivity index (χ4v) is 5.81. The molecule has 0 radical (unpaired) electrons. The van der Waals surface area contributed by atoms with Crippen LogP contribution < -0.4 is 0 Å². The van der Waals surface area contributed by atoms with Gasteiger partial charge in [0.15, 0.2) is 0 Å². The summed E-state index contributed by atoms with van der Waals surface area (Å²) in [5.74, 6) is 0. The van der Waals surface area contributed by atoms with Crippen LogP contribution in [0.25, 0.3) is 0 Å². The molecule has 0 bridgehead atoms. The Balaban J connectivity index is 4.94. The van der Waals surface area contributed by atoms with Crippen LogP contribution in [-0.2, 0) is 8.85 Å². The molecule has 5 heteroatoms. The second-order valence-corrected chi connectivity index (χ2v) is 10.9. The van der Waals surface area contributed by atoms with E-state index in [2.05, 4.69) is 78.8 Å². The molecule has 0 rings (SSSR count). The summed E-state index contributed by atoms with van der Waals surface area (Å²) in [5.41, 5.74) is -0.294. The highest BCUT2D eigenvalue weighted by atomic mass is 28.4. The summed E-state index contributed by atoms with van der Waals surface area (Å²) in [6, 6.07) is 0. The molecule has 21 heavy (non-hydrogen) atoms. The summed E-state index contributed by atoms with van der Waals surface area (Å²) in [4.78, 5) is 4.37. The van der Waals surface area contributed by atoms with Gasteiger partial charge in [0.2, 0.25) is 0 Å². The molecule has 0 aromatic heterocycles. The van der Waals surface area contributed by atoms with E-state index >= 15 is 0 Å². The van der Waals surface area contributed by atoms with Gasteiger partial charge in [-0.15, -0.1) is 0 Å². The van der Waals surface area contributed by atoms with E-state index in [1.807, 2.05) is 0 Å². The lowest BCUT2D eigenvalue weighted by Crippen LogP contribution is -2.54. The molecule has 0 aliphatic rings. The van der Waals surface area contributed by atoms with Crippen molar-refractivity contribution in [3.8, 4) is 0 Å². The number of nitrogens with zero attached hydrogens (tertiary/aromatic N) is 2. The van der Waals surface area contributed by atoms with E-state index in [0.717, 1.165) is 25.9 Å². The minimum Gasteiger partial charge on any atom is -0.388 e. The summed E-state index contributed by atoms with van der Waals surface area (Å²) >= 11 is 0. The summed E-state index contributed by atoms with van der Waals surface area (Å²) < 4.78 is 13.0. The van der Waals surface area contributed by atoms with Gasteiger partial charge in [0.1, 0.15) is 0 Å². The highest BCUT2D eigenvalue weighted by Gasteiger charge is 2.40. The van der Waals surface area contributed by atoms with Gasteiger partial charge in [-0.1, -0.05) is 13.8 Å². The highest BCUT2D eigenvalue weighted by Crippen LogP contribution is 2.28. The Morgan fingerprint density at radius 1 is 0.762 bits per heavy atom. The summed E-state index contributed by atoms with van der Waals surface area (Å²) in [6.07, 6.45) is 1.98. The lowest BCUT2D eigenvalue weighted by Gasteiger charge is -2.43. The van der Waals surface area contributed by atoms with Gasteiger partial charge in [-0.25, -0.2) is 0 Å².